The highest BCUT2D eigenvalue weighted by molar-refractivity contribution is 6.25. The van der Waals surface area contributed by atoms with Crippen LogP contribution in [0.4, 0.5) is 5.69 Å². The average Bonchev–Trinajstić information content (AvgIpc) is 3.54. The van der Waals surface area contributed by atoms with E-state index in [9.17, 15) is 4.79 Å². The highest BCUT2D eigenvalue weighted by Gasteiger charge is 2.25. The Labute approximate surface area is 171 Å². The summed E-state index contributed by atoms with van der Waals surface area (Å²) in [6.07, 6.45) is 5.35. The Morgan fingerprint density at radius 3 is 2.62 bits per heavy atom. The molecule has 1 aromatic carbocycles. The Bertz CT molecular complexity index is 1020. The fraction of sp³-hybridized carbons (Fsp3) is 0.304. The summed E-state index contributed by atoms with van der Waals surface area (Å²) in [5, 5.41) is 2.96. The van der Waals surface area contributed by atoms with Crippen molar-refractivity contribution in [2.45, 2.75) is 33.6 Å². The number of aryl methyl sites for hydroxylation is 2. The lowest BCUT2D eigenvalue weighted by Crippen LogP contribution is -2.17. The van der Waals surface area contributed by atoms with Crippen LogP contribution in [0.25, 0.3) is 5.57 Å². The Morgan fingerprint density at radius 1 is 1.24 bits per heavy atom. The number of hydrogen-bond acceptors (Lipinski definition) is 4. The highest BCUT2D eigenvalue weighted by atomic mass is 16.1. The quantitative estimate of drug-likeness (QED) is 0.462. The number of amides is 1. The predicted octanol–water partition coefficient (Wildman–Crippen LogP) is 3.88. The summed E-state index contributed by atoms with van der Waals surface area (Å²) in [5.74, 6) is 0.939. The highest BCUT2D eigenvalue weighted by Crippen LogP contribution is 2.31. The maximum atomic E-state index is 12.9. The lowest BCUT2D eigenvalue weighted by molar-refractivity contribution is -0.111. The van der Waals surface area contributed by atoms with Gasteiger partial charge in [-0.15, -0.1) is 0 Å². The molecule has 0 radical (unpaired) electrons. The lowest BCUT2D eigenvalue weighted by Gasteiger charge is -2.13. The number of nitrogens with one attached hydrogen (secondary N) is 1. The van der Waals surface area contributed by atoms with E-state index >= 15 is 0 Å². The summed E-state index contributed by atoms with van der Waals surface area (Å²) in [7, 11) is 1.73. The number of aliphatic imine (C=N–C) groups is 2. The molecule has 1 heterocycles. The van der Waals surface area contributed by atoms with E-state index in [0.29, 0.717) is 28.7 Å². The normalized spacial score (nSPS) is 15.4. The van der Waals surface area contributed by atoms with Gasteiger partial charge in [0.2, 0.25) is 0 Å². The third kappa shape index (κ3) is 4.96. The SMILES string of the molecule is CN=C(N=C(C)C1CC1)c1ccc(C)c(NC(=O)/C(=C/N)c2cc(C)ccn2)c1. The predicted molar refractivity (Wildman–Crippen MR) is 119 cm³/mol. The number of hydrogen-bond donors (Lipinski definition) is 2. The maximum absolute atomic E-state index is 12.9. The molecule has 0 spiro atoms. The van der Waals surface area contributed by atoms with Crippen LogP contribution in [0.2, 0.25) is 0 Å². The molecule has 6 heteroatoms. The van der Waals surface area contributed by atoms with Crippen molar-refractivity contribution in [2.24, 2.45) is 21.6 Å². The Balaban J connectivity index is 1.86. The molecule has 0 aliphatic heterocycles. The molecule has 1 amide bonds. The van der Waals surface area contributed by atoms with Gasteiger partial charge in [-0.25, -0.2) is 4.99 Å². The number of aromatic nitrogens is 1. The van der Waals surface area contributed by atoms with Crippen LogP contribution in [-0.4, -0.2) is 29.5 Å². The second kappa shape index (κ2) is 8.82. The van der Waals surface area contributed by atoms with Gasteiger partial charge in [0.15, 0.2) is 5.84 Å². The largest absolute Gasteiger partial charge is 0.404 e. The van der Waals surface area contributed by atoms with E-state index in [4.69, 9.17) is 10.7 Å². The molecule has 3 N–H and O–H groups in total. The average molecular weight is 390 g/mol. The first-order valence-electron chi connectivity index (χ1n) is 9.72. The van der Waals surface area contributed by atoms with Gasteiger partial charge >= 0.3 is 0 Å². The molecule has 2 aromatic rings. The van der Waals surface area contributed by atoms with Crippen LogP contribution in [0.1, 0.15) is 42.1 Å². The number of anilines is 1. The van der Waals surface area contributed by atoms with Crippen LogP contribution in [0, 0.1) is 19.8 Å². The van der Waals surface area contributed by atoms with E-state index < -0.39 is 0 Å². The van der Waals surface area contributed by atoms with Crippen LogP contribution >= 0.6 is 0 Å². The summed E-state index contributed by atoms with van der Waals surface area (Å²) in [5.41, 5.74) is 11.2. The molecule has 1 aromatic heterocycles. The van der Waals surface area contributed by atoms with Gasteiger partial charge in [0.25, 0.3) is 5.91 Å². The lowest BCUT2D eigenvalue weighted by atomic mass is 10.1. The number of nitrogens with two attached hydrogens (primary N) is 1. The van der Waals surface area contributed by atoms with Gasteiger partial charge in [-0.3, -0.25) is 14.8 Å². The van der Waals surface area contributed by atoms with E-state index in [-0.39, 0.29) is 5.91 Å². The summed E-state index contributed by atoms with van der Waals surface area (Å²) in [4.78, 5) is 26.2. The number of amidine groups is 1. The standard InChI is InChI=1S/C23H27N5O/c1-14-9-10-26-21(11-14)19(13-24)23(29)28-20-12-18(6-5-15(20)2)22(25-4)27-16(3)17-7-8-17/h5-6,9-13,17H,7-8,24H2,1-4H3,(H,28,29)/b19-13+,25-22?,27-16?. The van der Waals surface area contributed by atoms with Gasteiger partial charge in [-0.2, -0.15) is 0 Å². The fourth-order valence-electron chi connectivity index (χ4n) is 3.05. The van der Waals surface area contributed by atoms with Crippen molar-refractivity contribution < 1.29 is 4.79 Å². The molecule has 0 unspecified atom stereocenters. The molecular formula is C23H27N5O. The van der Waals surface area contributed by atoms with Crippen molar-refractivity contribution in [2.75, 3.05) is 12.4 Å². The van der Waals surface area contributed by atoms with Crippen LogP contribution in [-0.2, 0) is 4.79 Å². The monoisotopic (exact) mass is 389 g/mol. The zero-order valence-electron chi connectivity index (χ0n) is 17.4. The van der Waals surface area contributed by atoms with Gasteiger partial charge in [-0.1, -0.05) is 12.1 Å². The van der Waals surface area contributed by atoms with Gasteiger partial charge in [0.05, 0.1) is 11.3 Å². The minimum atomic E-state index is -0.307. The molecule has 1 aliphatic rings. The molecule has 0 atom stereocenters. The fourth-order valence-corrected chi connectivity index (χ4v) is 3.05. The topological polar surface area (TPSA) is 92.7 Å². The Hall–Kier alpha value is -3.28. The van der Waals surface area contributed by atoms with Crippen LogP contribution in [0.3, 0.4) is 0 Å². The molecular weight excluding hydrogens is 362 g/mol. The third-order valence-electron chi connectivity index (χ3n) is 5.01. The van der Waals surface area contributed by atoms with E-state index in [1.807, 2.05) is 51.1 Å². The minimum Gasteiger partial charge on any atom is -0.404 e. The number of benzene rings is 1. The zero-order valence-corrected chi connectivity index (χ0v) is 17.4. The van der Waals surface area contributed by atoms with Crippen LogP contribution in [0.5, 0.6) is 0 Å². The second-order valence-electron chi connectivity index (χ2n) is 7.36. The van der Waals surface area contributed by atoms with Gasteiger partial charge in [-0.05, 0) is 68.9 Å². The first kappa shape index (κ1) is 20.5. The number of pyridine rings is 1. The van der Waals surface area contributed by atoms with Crippen molar-refractivity contribution in [3.63, 3.8) is 0 Å². The first-order valence-corrected chi connectivity index (χ1v) is 9.72. The van der Waals surface area contributed by atoms with E-state index in [0.717, 1.165) is 22.4 Å². The molecule has 1 aliphatic carbocycles. The summed E-state index contributed by atoms with van der Waals surface area (Å²) in [6, 6.07) is 9.53. The summed E-state index contributed by atoms with van der Waals surface area (Å²) < 4.78 is 0. The molecule has 150 valence electrons. The number of carbonyl (C=O) groups excluding carboxylic acids is 1. The van der Waals surface area contributed by atoms with Crippen molar-refractivity contribution in [3.8, 4) is 0 Å². The molecule has 3 rings (SSSR count). The number of carbonyl (C=O) groups is 1. The van der Waals surface area contributed by atoms with Gasteiger partial charge in [0, 0.05) is 36.4 Å². The zero-order chi connectivity index (χ0) is 21.0. The smallest absolute Gasteiger partial charge is 0.259 e. The minimum absolute atomic E-state index is 0.307. The molecule has 0 bridgehead atoms. The third-order valence-corrected chi connectivity index (χ3v) is 5.01. The summed E-state index contributed by atoms with van der Waals surface area (Å²) >= 11 is 0. The number of rotatable bonds is 5. The first-order chi connectivity index (χ1) is 13.9. The molecule has 6 nitrogen and oxygen atoms in total. The van der Waals surface area contributed by atoms with Crippen LogP contribution in [0.15, 0.2) is 52.7 Å². The Morgan fingerprint density at radius 2 is 2.00 bits per heavy atom. The van der Waals surface area contributed by atoms with E-state index in [1.54, 1.807) is 13.2 Å². The van der Waals surface area contributed by atoms with Crippen LogP contribution < -0.4 is 11.1 Å². The summed E-state index contributed by atoms with van der Waals surface area (Å²) in [6.45, 7) is 5.94. The van der Waals surface area contributed by atoms with Crippen molar-refractivity contribution in [1.82, 2.24) is 4.98 Å². The molecule has 29 heavy (non-hydrogen) atoms. The Kier molecular flexibility index (Phi) is 6.22. The van der Waals surface area contributed by atoms with Crippen molar-refractivity contribution in [1.29, 1.82) is 0 Å². The van der Waals surface area contributed by atoms with Crippen molar-refractivity contribution in [3.05, 3.63) is 65.1 Å². The van der Waals surface area contributed by atoms with E-state index in [1.165, 1.54) is 19.0 Å². The molecule has 0 saturated heterocycles. The molecule has 1 saturated carbocycles. The molecule has 1 fully saturated rings. The van der Waals surface area contributed by atoms with E-state index in [2.05, 4.69) is 15.3 Å². The maximum Gasteiger partial charge on any atom is 0.259 e. The van der Waals surface area contributed by atoms with Gasteiger partial charge < -0.3 is 11.1 Å². The number of nitrogens with zero attached hydrogens (tertiary/aromatic N) is 3. The van der Waals surface area contributed by atoms with Crippen molar-refractivity contribution >= 4 is 28.7 Å². The van der Waals surface area contributed by atoms with Gasteiger partial charge in [0.1, 0.15) is 0 Å². The second-order valence-corrected chi connectivity index (χ2v) is 7.36.